The summed E-state index contributed by atoms with van der Waals surface area (Å²) < 4.78 is 4.14. The van der Waals surface area contributed by atoms with Crippen molar-refractivity contribution in [3.8, 4) is 0 Å². The van der Waals surface area contributed by atoms with E-state index in [1.807, 2.05) is 0 Å². The summed E-state index contributed by atoms with van der Waals surface area (Å²) in [5, 5.41) is 33.0. The molecule has 0 atom stereocenters. The van der Waals surface area contributed by atoms with Gasteiger partial charge >= 0.3 is 11.9 Å². The van der Waals surface area contributed by atoms with Crippen molar-refractivity contribution in [3.63, 3.8) is 0 Å². The lowest BCUT2D eigenvalue weighted by atomic mass is 10.1. The molecule has 7 heteroatoms. The third-order valence-electron chi connectivity index (χ3n) is 1.83. The predicted molar refractivity (Wildman–Crippen MR) is 74.0 cm³/mol. The van der Waals surface area contributed by atoms with Crippen molar-refractivity contribution in [2.24, 2.45) is 5.92 Å². The third kappa shape index (κ3) is 25.2. The summed E-state index contributed by atoms with van der Waals surface area (Å²) in [5.41, 5.74) is 0. The maximum Gasteiger partial charge on any atom is 0.329 e. The van der Waals surface area contributed by atoms with Crippen LogP contribution >= 0.6 is 0 Å². The van der Waals surface area contributed by atoms with E-state index in [1.165, 1.54) is 7.11 Å². The Kier molecular flexibility index (Phi) is 23.0. The molecule has 0 radical (unpaired) electrons. The Labute approximate surface area is 118 Å². The maximum absolute atomic E-state index is 9.84. The molecule has 0 aromatic rings. The van der Waals surface area contributed by atoms with Gasteiger partial charge in [-0.25, -0.2) is 9.59 Å². The van der Waals surface area contributed by atoms with E-state index >= 15 is 0 Å². The number of carboxylic acid groups (broad SMARTS) is 1. The van der Waals surface area contributed by atoms with Crippen molar-refractivity contribution in [1.29, 1.82) is 0 Å². The molecule has 0 heterocycles. The van der Waals surface area contributed by atoms with Gasteiger partial charge in [0.25, 0.3) is 0 Å². The number of carboxylic acids is 1. The normalized spacial score (nSPS) is 8.45. The first-order valence-electron chi connectivity index (χ1n) is 5.81. The van der Waals surface area contributed by atoms with Crippen molar-refractivity contribution < 1.29 is 34.8 Å². The van der Waals surface area contributed by atoms with Crippen LogP contribution < -0.4 is 0 Å². The Bertz CT molecular complexity index is 259. The highest BCUT2D eigenvalue weighted by Gasteiger charge is 2.03. The molecule has 0 aromatic carbocycles. The van der Waals surface area contributed by atoms with Crippen LogP contribution in [0, 0.1) is 5.92 Å². The zero-order valence-electron chi connectivity index (χ0n) is 11.7. The largest absolute Gasteiger partial charge is 0.478 e. The minimum atomic E-state index is -0.981. The van der Waals surface area contributed by atoms with Crippen molar-refractivity contribution in [1.82, 2.24) is 0 Å². The molecule has 0 aliphatic rings. The Balaban J connectivity index is -0.000000230. The van der Waals surface area contributed by atoms with E-state index in [-0.39, 0.29) is 25.7 Å². The molecule has 0 aliphatic heterocycles. The quantitative estimate of drug-likeness (QED) is 0.383. The zero-order chi connectivity index (χ0) is 16.4. The van der Waals surface area contributed by atoms with E-state index in [9.17, 15) is 9.59 Å². The minimum Gasteiger partial charge on any atom is -0.478 e. The average molecular weight is 292 g/mol. The van der Waals surface area contributed by atoms with E-state index < -0.39 is 11.9 Å². The lowest BCUT2D eigenvalue weighted by molar-refractivity contribution is -0.135. The van der Waals surface area contributed by atoms with Crippen LogP contribution in [-0.2, 0) is 14.3 Å². The van der Waals surface area contributed by atoms with Gasteiger partial charge in [0.2, 0.25) is 0 Å². The first-order chi connectivity index (χ1) is 9.42. The van der Waals surface area contributed by atoms with Crippen molar-refractivity contribution in [3.05, 3.63) is 25.3 Å². The highest BCUT2D eigenvalue weighted by atomic mass is 16.5. The van der Waals surface area contributed by atoms with Gasteiger partial charge in [-0.1, -0.05) is 13.2 Å². The first-order valence-corrected chi connectivity index (χ1v) is 5.81. The molecule has 20 heavy (non-hydrogen) atoms. The predicted octanol–water partition coefficient (Wildman–Crippen LogP) is -0.0379. The topological polar surface area (TPSA) is 124 Å². The number of aliphatic hydroxyl groups excluding tert-OH is 3. The summed E-state index contributed by atoms with van der Waals surface area (Å²) in [6.45, 7) is 6.27. The monoisotopic (exact) mass is 292 g/mol. The average Bonchev–Trinajstić information content (AvgIpc) is 2.48. The van der Waals surface area contributed by atoms with Gasteiger partial charge in [0.15, 0.2) is 0 Å². The number of methoxy groups -OCH3 is 1. The fourth-order valence-electron chi connectivity index (χ4n) is 0.704. The summed E-state index contributed by atoms with van der Waals surface area (Å²) in [7, 11) is 1.31. The molecule has 4 N–H and O–H groups in total. The third-order valence-corrected chi connectivity index (χ3v) is 1.83. The van der Waals surface area contributed by atoms with E-state index in [2.05, 4.69) is 17.9 Å². The van der Waals surface area contributed by atoms with Gasteiger partial charge in [-0.3, -0.25) is 0 Å². The van der Waals surface area contributed by atoms with Crippen LogP contribution in [0.15, 0.2) is 25.3 Å². The summed E-state index contributed by atoms with van der Waals surface area (Å²) in [5.74, 6) is -1.42. The number of esters is 1. The number of ether oxygens (including phenoxy) is 1. The molecular weight excluding hydrogens is 268 g/mol. The number of carbonyl (C=O) groups excluding carboxylic acids is 1. The summed E-state index contributed by atoms with van der Waals surface area (Å²) in [4.78, 5) is 19.1. The SMILES string of the molecule is C=CC(=O)O.C=CC(=O)OC.OCCCC(CO)CO. The zero-order valence-corrected chi connectivity index (χ0v) is 11.7. The van der Waals surface area contributed by atoms with Crippen LogP contribution in [0.1, 0.15) is 12.8 Å². The molecule has 0 amide bonds. The molecule has 0 fully saturated rings. The highest BCUT2D eigenvalue weighted by Crippen LogP contribution is 2.02. The number of hydrogen-bond acceptors (Lipinski definition) is 6. The molecule has 118 valence electrons. The van der Waals surface area contributed by atoms with Crippen molar-refractivity contribution >= 4 is 11.9 Å². The second kappa shape index (κ2) is 19.6. The lowest BCUT2D eigenvalue weighted by Crippen LogP contribution is -2.11. The molecular formula is C13H24O7. The second-order valence-electron chi connectivity index (χ2n) is 3.37. The molecule has 0 bridgehead atoms. The first kappa shape index (κ1) is 23.4. The van der Waals surface area contributed by atoms with Crippen LogP contribution in [0.5, 0.6) is 0 Å². The van der Waals surface area contributed by atoms with E-state index in [1.54, 1.807) is 0 Å². The number of carbonyl (C=O) groups is 2. The summed E-state index contributed by atoms with van der Waals surface area (Å²) in [6.07, 6.45) is 3.30. The number of aliphatic carboxylic acids is 1. The fourth-order valence-corrected chi connectivity index (χ4v) is 0.704. The Morgan fingerprint density at radius 2 is 1.60 bits per heavy atom. The van der Waals surface area contributed by atoms with Gasteiger partial charge in [0.05, 0.1) is 7.11 Å². The lowest BCUT2D eigenvalue weighted by Gasteiger charge is -2.07. The Morgan fingerprint density at radius 3 is 1.75 bits per heavy atom. The van der Waals surface area contributed by atoms with E-state index in [4.69, 9.17) is 20.4 Å². The summed E-state index contributed by atoms with van der Waals surface area (Å²) in [6, 6.07) is 0. The van der Waals surface area contributed by atoms with Crippen molar-refractivity contribution in [2.45, 2.75) is 12.8 Å². The molecule has 0 saturated heterocycles. The van der Waals surface area contributed by atoms with Gasteiger partial charge in [-0.15, -0.1) is 0 Å². The highest BCUT2D eigenvalue weighted by molar-refractivity contribution is 5.80. The van der Waals surface area contributed by atoms with Crippen LogP contribution in [0.3, 0.4) is 0 Å². The molecule has 0 aliphatic carbocycles. The second-order valence-corrected chi connectivity index (χ2v) is 3.37. The molecule has 0 aromatic heterocycles. The summed E-state index contributed by atoms with van der Waals surface area (Å²) >= 11 is 0. The molecule has 7 nitrogen and oxygen atoms in total. The molecule has 0 saturated carbocycles. The van der Waals surface area contributed by atoms with Gasteiger partial charge in [0.1, 0.15) is 0 Å². The molecule has 0 rings (SSSR count). The van der Waals surface area contributed by atoms with Gasteiger partial charge in [0, 0.05) is 37.9 Å². The van der Waals surface area contributed by atoms with Gasteiger partial charge < -0.3 is 25.2 Å². The standard InChI is InChI=1S/C6H14O3.C4H6O2.C3H4O2/c7-3-1-2-6(4-8)5-9;1-3-4(5)6-2;1-2-3(4)5/h6-9H,1-5H2;3H,1H2,2H3;2H,1H2,(H,4,5). The number of hydrogen-bond donors (Lipinski definition) is 4. The van der Waals surface area contributed by atoms with Crippen molar-refractivity contribution in [2.75, 3.05) is 26.9 Å². The van der Waals surface area contributed by atoms with Crippen LogP contribution in [0.4, 0.5) is 0 Å². The van der Waals surface area contributed by atoms with Gasteiger partial charge in [-0.2, -0.15) is 0 Å². The number of aliphatic hydroxyl groups is 3. The van der Waals surface area contributed by atoms with Crippen LogP contribution in [-0.4, -0.2) is 59.3 Å². The van der Waals surface area contributed by atoms with E-state index in [0.29, 0.717) is 12.8 Å². The fraction of sp³-hybridized carbons (Fsp3) is 0.538. The minimum absolute atomic E-state index is 0.0104. The smallest absolute Gasteiger partial charge is 0.329 e. The Morgan fingerprint density at radius 1 is 1.15 bits per heavy atom. The van der Waals surface area contributed by atoms with Crippen LogP contribution in [0.2, 0.25) is 0 Å². The number of rotatable bonds is 7. The van der Waals surface area contributed by atoms with Gasteiger partial charge in [-0.05, 0) is 12.8 Å². The molecule has 0 unspecified atom stereocenters. The molecule has 0 spiro atoms. The van der Waals surface area contributed by atoms with Crippen LogP contribution in [0.25, 0.3) is 0 Å². The Hall–Kier alpha value is -1.70. The maximum atomic E-state index is 9.84. The van der Waals surface area contributed by atoms with E-state index in [0.717, 1.165) is 12.2 Å².